The molecule has 2 aromatic rings. The number of ether oxygens (including phenoxy) is 1. The summed E-state index contributed by atoms with van der Waals surface area (Å²) in [5.74, 6) is -0.758. The van der Waals surface area contributed by atoms with Gasteiger partial charge in [-0.3, -0.25) is 0 Å². The molecule has 0 radical (unpaired) electrons. The first-order valence-electron chi connectivity index (χ1n) is 6.91. The molecule has 0 spiro atoms. The van der Waals surface area contributed by atoms with Gasteiger partial charge in [-0.25, -0.2) is 13.8 Å². The predicted octanol–water partition coefficient (Wildman–Crippen LogP) is 2.32. The maximum atomic E-state index is 13.4. The molecule has 2 heterocycles. The van der Waals surface area contributed by atoms with Crippen LogP contribution in [0.3, 0.4) is 0 Å². The van der Waals surface area contributed by atoms with E-state index in [1.165, 1.54) is 6.07 Å². The average Bonchev–Trinajstić information content (AvgIpc) is 3.08. The van der Waals surface area contributed by atoms with Crippen LogP contribution in [-0.4, -0.2) is 22.2 Å². The molecular weight excluding hydrogens is 276 g/mol. The Hall–Kier alpha value is -1.79. The number of benzene rings is 1. The van der Waals surface area contributed by atoms with Gasteiger partial charge in [-0.05, 0) is 24.1 Å². The van der Waals surface area contributed by atoms with Crippen LogP contribution in [0, 0.1) is 11.6 Å². The molecular formula is C15H17F2N3O. The van der Waals surface area contributed by atoms with Crippen molar-refractivity contribution in [2.24, 2.45) is 7.05 Å². The van der Waals surface area contributed by atoms with E-state index in [4.69, 9.17) is 4.74 Å². The lowest BCUT2D eigenvalue weighted by Crippen LogP contribution is -2.32. The third-order valence-corrected chi connectivity index (χ3v) is 3.81. The topological polar surface area (TPSA) is 39.1 Å². The highest BCUT2D eigenvalue weighted by Gasteiger charge is 2.30. The Morgan fingerprint density at radius 3 is 2.95 bits per heavy atom. The highest BCUT2D eigenvalue weighted by molar-refractivity contribution is 5.22. The van der Waals surface area contributed by atoms with Gasteiger partial charge in [0.2, 0.25) is 0 Å². The van der Waals surface area contributed by atoms with E-state index >= 15 is 0 Å². The summed E-state index contributed by atoms with van der Waals surface area (Å²) in [5.41, 5.74) is 0.656. The van der Waals surface area contributed by atoms with E-state index in [1.807, 2.05) is 17.8 Å². The van der Waals surface area contributed by atoms with Gasteiger partial charge >= 0.3 is 0 Å². The number of nitrogens with one attached hydrogen (secondary N) is 1. The molecule has 6 heteroatoms. The van der Waals surface area contributed by atoms with E-state index in [0.29, 0.717) is 18.7 Å². The summed E-state index contributed by atoms with van der Waals surface area (Å²) in [6.45, 7) is 1.21. The van der Waals surface area contributed by atoms with Crippen LogP contribution < -0.4 is 5.32 Å². The maximum Gasteiger partial charge on any atom is 0.159 e. The van der Waals surface area contributed by atoms with Crippen LogP contribution in [0.15, 0.2) is 30.6 Å². The Morgan fingerprint density at radius 1 is 1.38 bits per heavy atom. The van der Waals surface area contributed by atoms with E-state index in [1.54, 1.807) is 12.3 Å². The molecule has 1 aliphatic heterocycles. The molecule has 2 atom stereocenters. The fraction of sp³-hybridized carbons (Fsp3) is 0.400. The molecule has 112 valence electrons. The van der Waals surface area contributed by atoms with Crippen LogP contribution in [0.1, 0.15) is 23.9 Å². The van der Waals surface area contributed by atoms with Crippen LogP contribution in [0.4, 0.5) is 8.78 Å². The standard InChI is InChI=1S/C15H17F2N3O/c1-20-6-5-18-14(20)9-19-13-4-7-21-15(13)10-2-3-11(16)12(17)8-10/h2-3,5-6,8,13,15,19H,4,7,9H2,1H3/t13-,15+/m1/s1. The van der Waals surface area contributed by atoms with Crippen molar-refractivity contribution in [2.45, 2.75) is 25.1 Å². The lowest BCUT2D eigenvalue weighted by atomic mass is 10.0. The Kier molecular flexibility index (Phi) is 3.98. The van der Waals surface area contributed by atoms with Crippen LogP contribution in [0.5, 0.6) is 0 Å². The number of hydrogen-bond acceptors (Lipinski definition) is 3. The summed E-state index contributed by atoms with van der Waals surface area (Å²) in [7, 11) is 1.93. The minimum absolute atomic E-state index is 0.0616. The summed E-state index contributed by atoms with van der Waals surface area (Å²) < 4.78 is 34.0. The quantitative estimate of drug-likeness (QED) is 0.940. The first-order chi connectivity index (χ1) is 10.1. The van der Waals surface area contributed by atoms with Gasteiger partial charge in [0.15, 0.2) is 11.6 Å². The zero-order valence-corrected chi connectivity index (χ0v) is 11.7. The van der Waals surface area contributed by atoms with Crippen molar-refractivity contribution in [3.63, 3.8) is 0 Å². The van der Waals surface area contributed by atoms with Crippen molar-refractivity contribution in [2.75, 3.05) is 6.61 Å². The lowest BCUT2D eigenvalue weighted by molar-refractivity contribution is 0.0979. The molecule has 1 saturated heterocycles. The van der Waals surface area contributed by atoms with Crippen LogP contribution in [0.25, 0.3) is 0 Å². The fourth-order valence-corrected chi connectivity index (χ4v) is 2.61. The van der Waals surface area contributed by atoms with Gasteiger partial charge in [-0.1, -0.05) is 6.07 Å². The summed E-state index contributed by atoms with van der Waals surface area (Å²) in [6, 6.07) is 3.99. The zero-order chi connectivity index (χ0) is 14.8. The second kappa shape index (κ2) is 5.91. The summed E-state index contributed by atoms with van der Waals surface area (Å²) in [5, 5.41) is 3.38. The molecule has 0 aliphatic carbocycles. The predicted molar refractivity (Wildman–Crippen MR) is 73.5 cm³/mol. The van der Waals surface area contributed by atoms with Crippen LogP contribution in [0.2, 0.25) is 0 Å². The molecule has 4 nitrogen and oxygen atoms in total. The maximum absolute atomic E-state index is 13.4. The van der Waals surface area contributed by atoms with Crippen molar-refractivity contribution in [3.05, 3.63) is 53.6 Å². The molecule has 1 fully saturated rings. The number of aryl methyl sites for hydroxylation is 1. The Bertz CT molecular complexity index is 629. The van der Waals surface area contributed by atoms with Crippen molar-refractivity contribution >= 4 is 0 Å². The van der Waals surface area contributed by atoms with E-state index < -0.39 is 11.6 Å². The first kappa shape index (κ1) is 14.2. The molecule has 0 bridgehead atoms. The second-order valence-electron chi connectivity index (χ2n) is 5.20. The fourth-order valence-electron chi connectivity index (χ4n) is 2.61. The highest BCUT2D eigenvalue weighted by atomic mass is 19.2. The average molecular weight is 293 g/mol. The number of rotatable bonds is 4. The van der Waals surface area contributed by atoms with Gasteiger partial charge in [-0.15, -0.1) is 0 Å². The molecule has 1 aromatic heterocycles. The molecule has 1 aliphatic rings. The number of hydrogen-bond donors (Lipinski definition) is 1. The number of nitrogens with zero attached hydrogens (tertiary/aromatic N) is 2. The minimum atomic E-state index is -0.842. The molecule has 0 amide bonds. The van der Waals surface area contributed by atoms with E-state index in [0.717, 1.165) is 18.3 Å². The zero-order valence-electron chi connectivity index (χ0n) is 11.7. The molecule has 1 N–H and O–H groups in total. The van der Waals surface area contributed by atoms with Crippen molar-refractivity contribution < 1.29 is 13.5 Å². The van der Waals surface area contributed by atoms with Gasteiger partial charge in [0.05, 0.1) is 12.6 Å². The smallest absolute Gasteiger partial charge is 0.159 e. The Balaban J connectivity index is 1.70. The molecule has 0 saturated carbocycles. The van der Waals surface area contributed by atoms with Crippen LogP contribution >= 0.6 is 0 Å². The largest absolute Gasteiger partial charge is 0.372 e. The summed E-state index contributed by atoms with van der Waals surface area (Å²) in [6.07, 6.45) is 4.19. The van der Waals surface area contributed by atoms with Gasteiger partial charge in [0.25, 0.3) is 0 Å². The molecule has 1 aromatic carbocycles. The molecule has 3 rings (SSSR count). The van der Waals surface area contributed by atoms with Crippen molar-refractivity contribution in [1.82, 2.24) is 14.9 Å². The number of halogens is 2. The highest BCUT2D eigenvalue weighted by Crippen LogP contribution is 2.30. The first-order valence-corrected chi connectivity index (χ1v) is 6.91. The van der Waals surface area contributed by atoms with E-state index in [9.17, 15) is 8.78 Å². The third kappa shape index (κ3) is 2.96. The normalized spacial score (nSPS) is 21.9. The van der Waals surface area contributed by atoms with Crippen molar-refractivity contribution in [3.8, 4) is 0 Å². The van der Waals surface area contributed by atoms with Gasteiger partial charge < -0.3 is 14.6 Å². The number of aromatic nitrogens is 2. The van der Waals surface area contributed by atoms with E-state index in [-0.39, 0.29) is 12.1 Å². The number of imidazole rings is 1. The lowest BCUT2D eigenvalue weighted by Gasteiger charge is -2.20. The Labute approximate surface area is 121 Å². The van der Waals surface area contributed by atoms with Gasteiger partial charge in [0.1, 0.15) is 5.82 Å². The van der Waals surface area contributed by atoms with Crippen molar-refractivity contribution in [1.29, 1.82) is 0 Å². The van der Waals surface area contributed by atoms with Gasteiger partial charge in [-0.2, -0.15) is 0 Å². The summed E-state index contributed by atoms with van der Waals surface area (Å²) in [4.78, 5) is 4.25. The SMILES string of the molecule is Cn1ccnc1CN[C@@H]1CCO[C@H]1c1ccc(F)c(F)c1. The Morgan fingerprint density at radius 2 is 2.24 bits per heavy atom. The third-order valence-electron chi connectivity index (χ3n) is 3.81. The van der Waals surface area contributed by atoms with Crippen LogP contribution in [-0.2, 0) is 18.3 Å². The molecule has 21 heavy (non-hydrogen) atoms. The molecule has 0 unspecified atom stereocenters. The van der Waals surface area contributed by atoms with E-state index in [2.05, 4.69) is 10.3 Å². The monoisotopic (exact) mass is 293 g/mol. The second-order valence-corrected chi connectivity index (χ2v) is 5.20. The summed E-state index contributed by atoms with van der Waals surface area (Å²) >= 11 is 0. The van der Waals surface area contributed by atoms with Gasteiger partial charge in [0, 0.05) is 32.1 Å². The minimum Gasteiger partial charge on any atom is -0.372 e.